The Bertz CT molecular complexity index is 390. The molecule has 1 heterocycles. The molecule has 0 spiro atoms. The number of rotatable bonds is 7. The SMILES string of the molecule is CCCNC(CCC(F)(F)F)c1c(Cl)cnn1CC. The van der Waals surface area contributed by atoms with Gasteiger partial charge in [0.15, 0.2) is 0 Å². The largest absolute Gasteiger partial charge is 0.389 e. The summed E-state index contributed by atoms with van der Waals surface area (Å²) in [4.78, 5) is 0. The Morgan fingerprint density at radius 3 is 2.63 bits per heavy atom. The number of halogens is 4. The molecule has 0 aromatic carbocycles. The quantitative estimate of drug-likeness (QED) is 0.826. The van der Waals surface area contributed by atoms with E-state index in [9.17, 15) is 13.2 Å². The zero-order chi connectivity index (χ0) is 14.5. The third kappa shape index (κ3) is 5.03. The molecule has 0 saturated heterocycles. The van der Waals surface area contributed by atoms with Crippen molar-refractivity contribution in [1.82, 2.24) is 15.1 Å². The first-order chi connectivity index (χ1) is 8.89. The van der Waals surface area contributed by atoms with Gasteiger partial charge in [-0.3, -0.25) is 4.68 Å². The molecule has 7 heteroatoms. The fourth-order valence-electron chi connectivity index (χ4n) is 1.93. The van der Waals surface area contributed by atoms with Gasteiger partial charge in [0.2, 0.25) is 0 Å². The van der Waals surface area contributed by atoms with Crippen molar-refractivity contribution in [3.63, 3.8) is 0 Å². The second kappa shape index (κ2) is 7.14. The lowest BCUT2D eigenvalue weighted by Crippen LogP contribution is -2.26. The molecular weight excluding hydrogens is 279 g/mol. The Morgan fingerprint density at radius 2 is 2.11 bits per heavy atom. The molecule has 1 rings (SSSR count). The molecule has 1 aromatic rings. The average Bonchev–Trinajstić information content (AvgIpc) is 2.70. The van der Waals surface area contributed by atoms with Crippen LogP contribution in [-0.4, -0.2) is 22.5 Å². The van der Waals surface area contributed by atoms with Crippen molar-refractivity contribution in [2.24, 2.45) is 0 Å². The molecule has 1 N–H and O–H groups in total. The van der Waals surface area contributed by atoms with E-state index in [2.05, 4.69) is 10.4 Å². The van der Waals surface area contributed by atoms with Gasteiger partial charge < -0.3 is 5.32 Å². The zero-order valence-electron chi connectivity index (χ0n) is 11.1. The maximum Gasteiger partial charge on any atom is 0.389 e. The first kappa shape index (κ1) is 16.3. The van der Waals surface area contributed by atoms with Gasteiger partial charge in [0, 0.05) is 13.0 Å². The van der Waals surface area contributed by atoms with Crippen molar-refractivity contribution in [2.75, 3.05) is 6.54 Å². The van der Waals surface area contributed by atoms with Gasteiger partial charge in [0.25, 0.3) is 0 Å². The van der Waals surface area contributed by atoms with E-state index in [-0.39, 0.29) is 6.42 Å². The van der Waals surface area contributed by atoms with E-state index in [1.165, 1.54) is 6.20 Å². The third-order valence-corrected chi connectivity index (χ3v) is 3.11. The van der Waals surface area contributed by atoms with E-state index in [4.69, 9.17) is 11.6 Å². The van der Waals surface area contributed by atoms with Crippen LogP contribution in [-0.2, 0) is 6.54 Å². The van der Waals surface area contributed by atoms with Crippen molar-refractivity contribution in [3.05, 3.63) is 16.9 Å². The molecule has 110 valence electrons. The van der Waals surface area contributed by atoms with Crippen LogP contribution in [0.15, 0.2) is 6.20 Å². The molecule has 3 nitrogen and oxygen atoms in total. The van der Waals surface area contributed by atoms with Gasteiger partial charge in [-0.2, -0.15) is 18.3 Å². The van der Waals surface area contributed by atoms with Gasteiger partial charge in [-0.1, -0.05) is 18.5 Å². The highest BCUT2D eigenvalue weighted by molar-refractivity contribution is 6.31. The smallest absolute Gasteiger partial charge is 0.309 e. The lowest BCUT2D eigenvalue weighted by molar-refractivity contribution is -0.136. The maximum atomic E-state index is 12.4. The van der Waals surface area contributed by atoms with Gasteiger partial charge in [-0.05, 0) is 26.3 Å². The topological polar surface area (TPSA) is 29.9 Å². The maximum absolute atomic E-state index is 12.4. The summed E-state index contributed by atoms with van der Waals surface area (Å²) in [6, 6.07) is -0.420. The number of nitrogens with zero attached hydrogens (tertiary/aromatic N) is 2. The van der Waals surface area contributed by atoms with Crippen LogP contribution >= 0.6 is 11.6 Å². The molecule has 0 aliphatic heterocycles. The molecule has 0 fully saturated rings. The van der Waals surface area contributed by atoms with Gasteiger partial charge in [-0.25, -0.2) is 0 Å². The van der Waals surface area contributed by atoms with Crippen molar-refractivity contribution in [1.29, 1.82) is 0 Å². The second-order valence-corrected chi connectivity index (χ2v) is 4.76. The number of hydrogen-bond acceptors (Lipinski definition) is 2. The summed E-state index contributed by atoms with van der Waals surface area (Å²) in [5, 5.41) is 7.60. The van der Waals surface area contributed by atoms with Crippen LogP contribution in [0.4, 0.5) is 13.2 Å². The number of hydrogen-bond donors (Lipinski definition) is 1. The van der Waals surface area contributed by atoms with E-state index in [1.807, 2.05) is 13.8 Å². The minimum Gasteiger partial charge on any atom is -0.309 e. The molecule has 1 unspecified atom stereocenters. The Morgan fingerprint density at radius 1 is 1.42 bits per heavy atom. The molecule has 0 aliphatic carbocycles. The number of aryl methyl sites for hydroxylation is 1. The second-order valence-electron chi connectivity index (χ2n) is 4.35. The minimum absolute atomic E-state index is 0.0328. The fourth-order valence-corrected chi connectivity index (χ4v) is 2.21. The van der Waals surface area contributed by atoms with Crippen LogP contribution in [0.3, 0.4) is 0 Å². The van der Waals surface area contributed by atoms with E-state index >= 15 is 0 Å². The monoisotopic (exact) mass is 297 g/mol. The van der Waals surface area contributed by atoms with Gasteiger partial charge >= 0.3 is 6.18 Å². The lowest BCUT2D eigenvalue weighted by Gasteiger charge is -2.21. The molecule has 0 amide bonds. The molecule has 0 aliphatic rings. The van der Waals surface area contributed by atoms with Gasteiger partial charge in [0.05, 0.1) is 23.0 Å². The van der Waals surface area contributed by atoms with Crippen LogP contribution in [0, 0.1) is 0 Å². The van der Waals surface area contributed by atoms with Gasteiger partial charge in [-0.15, -0.1) is 0 Å². The van der Waals surface area contributed by atoms with Crippen molar-refractivity contribution >= 4 is 11.6 Å². The summed E-state index contributed by atoms with van der Waals surface area (Å²) in [6.07, 6.45) is -2.70. The summed E-state index contributed by atoms with van der Waals surface area (Å²) in [5.74, 6) is 0. The highest BCUT2D eigenvalue weighted by Gasteiger charge is 2.30. The first-order valence-electron chi connectivity index (χ1n) is 6.40. The highest BCUT2D eigenvalue weighted by Crippen LogP contribution is 2.30. The van der Waals surface area contributed by atoms with E-state index in [1.54, 1.807) is 4.68 Å². The van der Waals surface area contributed by atoms with E-state index < -0.39 is 18.6 Å². The van der Waals surface area contributed by atoms with Crippen LogP contribution < -0.4 is 5.32 Å². The third-order valence-electron chi connectivity index (χ3n) is 2.82. The number of alkyl halides is 3. The summed E-state index contributed by atoms with van der Waals surface area (Å²) < 4.78 is 38.8. The van der Waals surface area contributed by atoms with Crippen molar-refractivity contribution in [3.8, 4) is 0 Å². The first-order valence-corrected chi connectivity index (χ1v) is 6.78. The van der Waals surface area contributed by atoms with Crippen LogP contribution in [0.5, 0.6) is 0 Å². The minimum atomic E-state index is -4.16. The number of aromatic nitrogens is 2. The zero-order valence-corrected chi connectivity index (χ0v) is 11.9. The Labute approximate surface area is 116 Å². The highest BCUT2D eigenvalue weighted by atomic mass is 35.5. The summed E-state index contributed by atoms with van der Waals surface area (Å²) in [7, 11) is 0. The Kier molecular flexibility index (Phi) is 6.13. The standard InChI is InChI=1S/C12H19ClF3N3/c1-3-7-17-10(5-6-12(14,15)16)11-9(13)8-18-19(11)4-2/h8,10,17H,3-7H2,1-2H3. The van der Waals surface area contributed by atoms with Crippen LogP contribution in [0.25, 0.3) is 0 Å². The van der Waals surface area contributed by atoms with Crippen LogP contribution in [0.2, 0.25) is 5.02 Å². The van der Waals surface area contributed by atoms with E-state index in [0.717, 1.165) is 6.42 Å². The molecule has 0 saturated carbocycles. The number of nitrogens with one attached hydrogen (secondary N) is 1. The molecule has 1 atom stereocenters. The van der Waals surface area contributed by atoms with Gasteiger partial charge in [0.1, 0.15) is 0 Å². The average molecular weight is 298 g/mol. The fraction of sp³-hybridized carbons (Fsp3) is 0.750. The molecule has 19 heavy (non-hydrogen) atoms. The Balaban J connectivity index is 2.85. The van der Waals surface area contributed by atoms with Crippen molar-refractivity contribution in [2.45, 2.75) is 51.9 Å². The normalized spacial score (nSPS) is 13.8. The summed E-state index contributed by atoms with van der Waals surface area (Å²) >= 11 is 6.04. The van der Waals surface area contributed by atoms with Crippen molar-refractivity contribution < 1.29 is 13.2 Å². The molecule has 1 aromatic heterocycles. The Hall–Kier alpha value is -0.750. The molecular formula is C12H19ClF3N3. The molecule has 0 radical (unpaired) electrons. The summed E-state index contributed by atoms with van der Waals surface area (Å²) in [5.41, 5.74) is 0.641. The predicted molar refractivity (Wildman–Crippen MR) is 69.2 cm³/mol. The molecule has 0 bridgehead atoms. The lowest BCUT2D eigenvalue weighted by atomic mass is 10.1. The summed E-state index contributed by atoms with van der Waals surface area (Å²) in [6.45, 7) is 5.08. The van der Waals surface area contributed by atoms with Crippen LogP contribution in [0.1, 0.15) is 44.8 Å². The van der Waals surface area contributed by atoms with E-state index in [0.29, 0.717) is 23.8 Å². The predicted octanol–water partition coefficient (Wildman–Crippen LogP) is 3.94.